The highest BCUT2D eigenvalue weighted by Gasteiger charge is 2.39. The van der Waals surface area contributed by atoms with E-state index in [4.69, 9.17) is 0 Å². The summed E-state index contributed by atoms with van der Waals surface area (Å²) in [7, 11) is -3.04. The van der Waals surface area contributed by atoms with Crippen molar-refractivity contribution in [2.75, 3.05) is 17.3 Å². The van der Waals surface area contributed by atoms with Crippen molar-refractivity contribution in [2.45, 2.75) is 44.4 Å². The van der Waals surface area contributed by atoms with Crippen LogP contribution in [0.25, 0.3) is 11.0 Å². The third-order valence-electron chi connectivity index (χ3n) is 4.44. The minimum absolute atomic E-state index is 0.0161. The van der Waals surface area contributed by atoms with Gasteiger partial charge in [-0.25, -0.2) is 13.4 Å². The Morgan fingerprint density at radius 2 is 2.12 bits per heavy atom. The number of benzene rings is 1. The molecule has 1 atom stereocenters. The fraction of sp³-hybridized carbons (Fsp3) is 0.556. The number of amides is 1. The average Bonchev–Trinajstić information content (AvgIpc) is 3.02. The zero-order valence-electron chi connectivity index (χ0n) is 15.4. The minimum atomic E-state index is -3.04. The molecular weight excluding hydrogens is 370 g/mol. The Kier molecular flexibility index (Phi) is 5.35. The molecule has 1 N–H and O–H groups in total. The molecule has 2 aromatic rings. The van der Waals surface area contributed by atoms with E-state index < -0.39 is 15.4 Å². The van der Waals surface area contributed by atoms with Gasteiger partial charge in [-0.3, -0.25) is 4.79 Å². The Morgan fingerprint density at radius 1 is 1.38 bits per heavy atom. The van der Waals surface area contributed by atoms with Gasteiger partial charge < -0.3 is 9.88 Å². The summed E-state index contributed by atoms with van der Waals surface area (Å²) in [6.07, 6.45) is 0.470. The summed E-state index contributed by atoms with van der Waals surface area (Å²) < 4.78 is 25.5. The lowest BCUT2D eigenvalue weighted by Crippen LogP contribution is -2.47. The maximum atomic E-state index is 12.4. The normalized spacial score (nSPS) is 22.2. The van der Waals surface area contributed by atoms with Crippen molar-refractivity contribution in [1.82, 2.24) is 14.9 Å². The van der Waals surface area contributed by atoms with Gasteiger partial charge in [-0.15, -0.1) is 0 Å². The van der Waals surface area contributed by atoms with Crippen molar-refractivity contribution in [3.05, 3.63) is 24.3 Å². The van der Waals surface area contributed by atoms with Crippen molar-refractivity contribution in [3.8, 4) is 0 Å². The number of para-hydroxylation sites is 2. The molecule has 1 aliphatic rings. The first-order valence-corrected chi connectivity index (χ1v) is 11.6. The van der Waals surface area contributed by atoms with Crippen LogP contribution in [0.2, 0.25) is 0 Å². The van der Waals surface area contributed by atoms with Crippen LogP contribution in [-0.2, 0) is 21.2 Å². The number of fused-ring (bicyclic) bond motifs is 1. The Hall–Kier alpha value is -1.54. The summed E-state index contributed by atoms with van der Waals surface area (Å²) in [4.78, 5) is 17.0. The van der Waals surface area contributed by atoms with Crippen molar-refractivity contribution in [2.24, 2.45) is 5.92 Å². The van der Waals surface area contributed by atoms with Crippen LogP contribution in [0.15, 0.2) is 29.4 Å². The van der Waals surface area contributed by atoms with E-state index in [9.17, 15) is 13.2 Å². The van der Waals surface area contributed by atoms with Crippen molar-refractivity contribution < 1.29 is 13.2 Å². The van der Waals surface area contributed by atoms with Gasteiger partial charge in [0.25, 0.3) is 0 Å². The van der Waals surface area contributed by atoms with Gasteiger partial charge in [-0.2, -0.15) is 0 Å². The van der Waals surface area contributed by atoms with Crippen molar-refractivity contribution >= 4 is 38.5 Å². The number of hydrogen-bond donors (Lipinski definition) is 1. The van der Waals surface area contributed by atoms with Gasteiger partial charge in [0.15, 0.2) is 15.0 Å². The molecule has 1 aromatic heterocycles. The van der Waals surface area contributed by atoms with Crippen LogP contribution < -0.4 is 5.32 Å². The lowest BCUT2D eigenvalue weighted by molar-refractivity contribution is -0.120. The molecular formula is C18H25N3O3S2. The molecule has 0 aliphatic carbocycles. The van der Waals surface area contributed by atoms with Gasteiger partial charge in [0.05, 0.1) is 33.8 Å². The summed E-state index contributed by atoms with van der Waals surface area (Å²) in [5, 5.41) is 3.72. The predicted molar refractivity (Wildman–Crippen MR) is 105 cm³/mol. The van der Waals surface area contributed by atoms with Gasteiger partial charge in [-0.05, 0) is 31.4 Å². The zero-order valence-corrected chi connectivity index (χ0v) is 17.0. The Labute approximate surface area is 158 Å². The fourth-order valence-corrected chi connectivity index (χ4v) is 6.23. The van der Waals surface area contributed by atoms with Gasteiger partial charge in [-0.1, -0.05) is 37.7 Å². The number of thioether (sulfide) groups is 1. The lowest BCUT2D eigenvalue weighted by Gasteiger charge is -2.23. The molecule has 1 fully saturated rings. The van der Waals surface area contributed by atoms with E-state index in [1.54, 1.807) is 6.92 Å². The monoisotopic (exact) mass is 395 g/mol. The van der Waals surface area contributed by atoms with Crippen LogP contribution >= 0.6 is 11.8 Å². The molecule has 1 aromatic carbocycles. The van der Waals surface area contributed by atoms with Gasteiger partial charge in [0, 0.05) is 6.54 Å². The number of hydrogen-bond acceptors (Lipinski definition) is 5. The van der Waals surface area contributed by atoms with E-state index in [2.05, 4.69) is 28.7 Å². The maximum absolute atomic E-state index is 12.4. The predicted octanol–water partition coefficient (Wildman–Crippen LogP) is 2.48. The molecule has 0 radical (unpaired) electrons. The van der Waals surface area contributed by atoms with E-state index >= 15 is 0 Å². The molecule has 3 rings (SSSR count). The first-order chi connectivity index (χ1) is 12.2. The smallest absolute Gasteiger partial charge is 0.230 e. The first-order valence-electron chi connectivity index (χ1n) is 8.77. The van der Waals surface area contributed by atoms with E-state index in [0.29, 0.717) is 12.3 Å². The van der Waals surface area contributed by atoms with E-state index in [1.807, 2.05) is 24.3 Å². The van der Waals surface area contributed by atoms with Gasteiger partial charge >= 0.3 is 0 Å². The van der Waals surface area contributed by atoms with Crippen LogP contribution in [0.3, 0.4) is 0 Å². The number of rotatable bonds is 6. The van der Waals surface area contributed by atoms with Gasteiger partial charge in [0.2, 0.25) is 5.91 Å². The number of carbonyl (C=O) groups is 1. The number of nitrogens with one attached hydrogen (secondary N) is 1. The number of aromatic nitrogens is 2. The van der Waals surface area contributed by atoms with Crippen molar-refractivity contribution in [1.29, 1.82) is 0 Å². The molecule has 1 amide bonds. The largest absolute Gasteiger partial charge is 0.349 e. The first kappa shape index (κ1) is 19.2. The van der Waals surface area contributed by atoms with Crippen LogP contribution in [0.1, 0.15) is 27.2 Å². The molecule has 6 nitrogen and oxygen atoms in total. The number of imidazole rings is 1. The molecule has 26 heavy (non-hydrogen) atoms. The fourth-order valence-electron chi connectivity index (χ4n) is 3.32. The van der Waals surface area contributed by atoms with Crippen LogP contribution in [0.4, 0.5) is 0 Å². The third kappa shape index (κ3) is 4.40. The Bertz CT molecular complexity index is 921. The second kappa shape index (κ2) is 7.23. The summed E-state index contributed by atoms with van der Waals surface area (Å²) in [5.74, 6) is 0.682. The minimum Gasteiger partial charge on any atom is -0.349 e. The molecule has 8 heteroatoms. The second-order valence-corrected chi connectivity index (χ2v) is 10.8. The van der Waals surface area contributed by atoms with Crippen LogP contribution in [-0.4, -0.2) is 46.7 Å². The molecule has 0 unspecified atom stereocenters. The van der Waals surface area contributed by atoms with Gasteiger partial charge in [0.1, 0.15) is 0 Å². The SMILES string of the molecule is CC(C)Cn1c(SCC(=O)N[C@]2(C)CCS(=O)(=O)C2)nc2ccccc21. The summed E-state index contributed by atoms with van der Waals surface area (Å²) >= 11 is 1.40. The quantitative estimate of drug-likeness (QED) is 0.760. The maximum Gasteiger partial charge on any atom is 0.230 e. The average molecular weight is 396 g/mol. The summed E-state index contributed by atoms with van der Waals surface area (Å²) in [6, 6.07) is 7.96. The highest BCUT2D eigenvalue weighted by Crippen LogP contribution is 2.26. The Morgan fingerprint density at radius 3 is 2.77 bits per heavy atom. The Balaban J connectivity index is 1.70. The lowest BCUT2D eigenvalue weighted by atomic mass is 10.0. The summed E-state index contributed by atoms with van der Waals surface area (Å²) in [6.45, 7) is 6.93. The van der Waals surface area contributed by atoms with Crippen LogP contribution in [0, 0.1) is 5.92 Å². The highest BCUT2D eigenvalue weighted by molar-refractivity contribution is 7.99. The standard InChI is InChI=1S/C18H25N3O3S2/c1-13(2)10-21-15-7-5-4-6-14(15)19-17(21)25-11-16(22)20-18(3)8-9-26(23,24)12-18/h4-7,13H,8-12H2,1-3H3,(H,20,22)/t18-/m1/s1. The van der Waals surface area contributed by atoms with Crippen LogP contribution in [0.5, 0.6) is 0 Å². The highest BCUT2D eigenvalue weighted by atomic mass is 32.2. The number of nitrogens with zero attached hydrogens (tertiary/aromatic N) is 2. The van der Waals surface area contributed by atoms with E-state index in [1.165, 1.54) is 11.8 Å². The molecule has 0 saturated carbocycles. The molecule has 0 spiro atoms. The molecule has 142 valence electrons. The summed E-state index contributed by atoms with van der Waals surface area (Å²) in [5.41, 5.74) is 1.33. The molecule has 0 bridgehead atoms. The molecule has 1 saturated heterocycles. The topological polar surface area (TPSA) is 81.1 Å². The van der Waals surface area contributed by atoms with Crippen molar-refractivity contribution in [3.63, 3.8) is 0 Å². The zero-order chi connectivity index (χ0) is 18.9. The number of sulfone groups is 1. The second-order valence-electron chi connectivity index (χ2n) is 7.63. The molecule has 1 aliphatic heterocycles. The molecule has 2 heterocycles. The van der Waals surface area contributed by atoms with E-state index in [0.717, 1.165) is 22.7 Å². The van der Waals surface area contributed by atoms with E-state index in [-0.39, 0.29) is 23.2 Å². The third-order valence-corrected chi connectivity index (χ3v) is 7.32. The number of carbonyl (C=O) groups excluding carboxylic acids is 1.